The standard InChI is InChI=1S/C15H14ClF2N/c1-2-14(10-3-6-12(17)7-4-10)19-15-9-11(16)5-8-13(15)18/h3-9,14,19H,2H2,1H3. The molecule has 100 valence electrons. The van der Waals surface area contributed by atoms with E-state index < -0.39 is 0 Å². The van der Waals surface area contributed by atoms with E-state index in [0.29, 0.717) is 10.7 Å². The Morgan fingerprint density at radius 1 is 1.11 bits per heavy atom. The average molecular weight is 282 g/mol. The first-order valence-corrected chi connectivity index (χ1v) is 6.45. The topological polar surface area (TPSA) is 12.0 Å². The smallest absolute Gasteiger partial charge is 0.146 e. The number of benzene rings is 2. The highest BCUT2D eigenvalue weighted by atomic mass is 35.5. The molecule has 1 unspecified atom stereocenters. The molecule has 0 heterocycles. The Hall–Kier alpha value is -1.61. The molecule has 0 aliphatic heterocycles. The lowest BCUT2D eigenvalue weighted by Crippen LogP contribution is -2.10. The molecule has 1 N–H and O–H groups in total. The van der Waals surface area contributed by atoms with Crippen LogP contribution >= 0.6 is 11.6 Å². The van der Waals surface area contributed by atoms with Gasteiger partial charge in [0.1, 0.15) is 11.6 Å². The molecule has 1 nitrogen and oxygen atoms in total. The quantitative estimate of drug-likeness (QED) is 0.814. The molecule has 0 radical (unpaired) electrons. The molecule has 2 aromatic rings. The minimum Gasteiger partial charge on any atom is -0.376 e. The van der Waals surface area contributed by atoms with Crippen LogP contribution in [-0.2, 0) is 0 Å². The van der Waals surface area contributed by atoms with E-state index in [1.54, 1.807) is 18.2 Å². The van der Waals surface area contributed by atoms with Crippen molar-refractivity contribution in [3.05, 3.63) is 64.7 Å². The van der Waals surface area contributed by atoms with Gasteiger partial charge in [0.25, 0.3) is 0 Å². The van der Waals surface area contributed by atoms with Gasteiger partial charge in [-0.05, 0) is 42.3 Å². The first-order valence-electron chi connectivity index (χ1n) is 6.07. The minimum atomic E-state index is -0.357. The highest BCUT2D eigenvalue weighted by Crippen LogP contribution is 2.26. The van der Waals surface area contributed by atoms with Crippen molar-refractivity contribution in [2.24, 2.45) is 0 Å². The summed E-state index contributed by atoms with van der Waals surface area (Å²) in [7, 11) is 0. The van der Waals surface area contributed by atoms with Crippen LogP contribution in [0, 0.1) is 11.6 Å². The van der Waals surface area contributed by atoms with E-state index in [2.05, 4.69) is 5.32 Å². The largest absolute Gasteiger partial charge is 0.376 e. The number of hydrogen-bond acceptors (Lipinski definition) is 1. The maximum Gasteiger partial charge on any atom is 0.146 e. The van der Waals surface area contributed by atoms with Crippen molar-refractivity contribution >= 4 is 17.3 Å². The average Bonchev–Trinajstić information content (AvgIpc) is 2.41. The first kappa shape index (κ1) is 13.8. The maximum absolute atomic E-state index is 13.7. The van der Waals surface area contributed by atoms with Crippen LogP contribution in [0.2, 0.25) is 5.02 Å². The lowest BCUT2D eigenvalue weighted by Gasteiger charge is -2.19. The van der Waals surface area contributed by atoms with Crippen molar-refractivity contribution in [3.8, 4) is 0 Å². The predicted molar refractivity (Wildman–Crippen MR) is 74.5 cm³/mol. The summed E-state index contributed by atoms with van der Waals surface area (Å²) in [5, 5.41) is 3.56. The summed E-state index contributed by atoms with van der Waals surface area (Å²) in [6.45, 7) is 1.98. The highest BCUT2D eigenvalue weighted by molar-refractivity contribution is 6.30. The van der Waals surface area contributed by atoms with E-state index in [0.717, 1.165) is 12.0 Å². The van der Waals surface area contributed by atoms with Crippen LogP contribution in [0.1, 0.15) is 24.9 Å². The van der Waals surface area contributed by atoms with E-state index in [-0.39, 0.29) is 17.7 Å². The van der Waals surface area contributed by atoms with Crippen LogP contribution in [0.3, 0.4) is 0 Å². The van der Waals surface area contributed by atoms with Crippen LogP contribution in [-0.4, -0.2) is 0 Å². The number of anilines is 1. The van der Waals surface area contributed by atoms with Gasteiger partial charge < -0.3 is 5.32 Å². The van der Waals surface area contributed by atoms with Gasteiger partial charge in [-0.2, -0.15) is 0 Å². The fourth-order valence-electron chi connectivity index (χ4n) is 1.91. The molecule has 0 bridgehead atoms. The van der Waals surface area contributed by atoms with Gasteiger partial charge in [0.2, 0.25) is 0 Å². The van der Waals surface area contributed by atoms with Gasteiger partial charge in [-0.25, -0.2) is 8.78 Å². The molecule has 0 amide bonds. The van der Waals surface area contributed by atoms with Crippen molar-refractivity contribution in [3.63, 3.8) is 0 Å². The van der Waals surface area contributed by atoms with Crippen molar-refractivity contribution in [2.45, 2.75) is 19.4 Å². The molecule has 19 heavy (non-hydrogen) atoms. The van der Waals surface area contributed by atoms with Crippen LogP contribution in [0.5, 0.6) is 0 Å². The highest BCUT2D eigenvalue weighted by Gasteiger charge is 2.12. The summed E-state index contributed by atoms with van der Waals surface area (Å²) in [5.41, 5.74) is 1.26. The second-order valence-electron chi connectivity index (χ2n) is 4.28. The van der Waals surface area contributed by atoms with Crippen LogP contribution < -0.4 is 5.32 Å². The number of rotatable bonds is 4. The van der Waals surface area contributed by atoms with Gasteiger partial charge in [-0.3, -0.25) is 0 Å². The summed E-state index contributed by atoms with van der Waals surface area (Å²) < 4.78 is 26.6. The van der Waals surface area contributed by atoms with Crippen molar-refractivity contribution in [1.29, 1.82) is 0 Å². The van der Waals surface area contributed by atoms with Gasteiger partial charge in [0, 0.05) is 5.02 Å². The Bertz CT molecular complexity index is 555. The lowest BCUT2D eigenvalue weighted by molar-refractivity contribution is 0.619. The Labute approximate surface area is 116 Å². The van der Waals surface area contributed by atoms with Gasteiger partial charge in [-0.1, -0.05) is 30.7 Å². The molecule has 0 saturated heterocycles. The molecule has 0 aliphatic rings. The molecule has 0 spiro atoms. The molecule has 0 aromatic heterocycles. The Morgan fingerprint density at radius 2 is 1.79 bits per heavy atom. The maximum atomic E-state index is 13.7. The van der Waals surface area contributed by atoms with Crippen molar-refractivity contribution in [2.75, 3.05) is 5.32 Å². The molecule has 0 fully saturated rings. The molecule has 2 rings (SSSR count). The van der Waals surface area contributed by atoms with Gasteiger partial charge >= 0.3 is 0 Å². The Morgan fingerprint density at radius 3 is 2.42 bits per heavy atom. The summed E-state index contributed by atoms with van der Waals surface area (Å²) in [4.78, 5) is 0. The first-order chi connectivity index (χ1) is 9.10. The fraction of sp³-hybridized carbons (Fsp3) is 0.200. The zero-order valence-corrected chi connectivity index (χ0v) is 11.2. The van der Waals surface area contributed by atoms with Crippen molar-refractivity contribution in [1.82, 2.24) is 0 Å². The molecule has 4 heteroatoms. The van der Waals surface area contributed by atoms with E-state index in [1.165, 1.54) is 24.3 Å². The molecule has 1 atom stereocenters. The monoisotopic (exact) mass is 281 g/mol. The number of nitrogens with one attached hydrogen (secondary N) is 1. The second kappa shape index (κ2) is 6.02. The third-order valence-electron chi connectivity index (χ3n) is 2.94. The van der Waals surface area contributed by atoms with Gasteiger partial charge in [-0.15, -0.1) is 0 Å². The molecule has 2 aromatic carbocycles. The normalized spacial score (nSPS) is 12.2. The fourth-order valence-corrected chi connectivity index (χ4v) is 2.08. The molecule has 0 aliphatic carbocycles. The number of halogens is 3. The zero-order valence-electron chi connectivity index (χ0n) is 10.5. The predicted octanol–water partition coefficient (Wildman–Crippen LogP) is 5.18. The second-order valence-corrected chi connectivity index (χ2v) is 4.72. The summed E-state index contributed by atoms with van der Waals surface area (Å²) in [6, 6.07) is 10.5. The summed E-state index contributed by atoms with van der Waals surface area (Å²) in [6.07, 6.45) is 0.748. The van der Waals surface area contributed by atoms with Crippen LogP contribution in [0.25, 0.3) is 0 Å². The Balaban J connectivity index is 2.23. The van der Waals surface area contributed by atoms with E-state index >= 15 is 0 Å². The molecular formula is C15H14ClF2N. The third-order valence-corrected chi connectivity index (χ3v) is 3.17. The summed E-state index contributed by atoms with van der Waals surface area (Å²) in [5.74, 6) is -0.641. The van der Waals surface area contributed by atoms with Crippen molar-refractivity contribution < 1.29 is 8.78 Å². The summed E-state index contributed by atoms with van der Waals surface area (Å²) >= 11 is 5.85. The van der Waals surface area contributed by atoms with E-state index in [4.69, 9.17) is 11.6 Å². The van der Waals surface area contributed by atoms with Crippen LogP contribution in [0.4, 0.5) is 14.5 Å². The Kier molecular flexibility index (Phi) is 4.38. The zero-order chi connectivity index (χ0) is 13.8. The molecular weight excluding hydrogens is 268 g/mol. The van der Waals surface area contributed by atoms with Gasteiger partial charge in [0.05, 0.1) is 11.7 Å². The van der Waals surface area contributed by atoms with Crippen LogP contribution in [0.15, 0.2) is 42.5 Å². The lowest BCUT2D eigenvalue weighted by atomic mass is 10.0. The third kappa shape index (κ3) is 3.44. The SMILES string of the molecule is CCC(Nc1cc(Cl)ccc1F)c1ccc(F)cc1. The minimum absolute atomic E-state index is 0.0893. The number of hydrogen-bond donors (Lipinski definition) is 1. The van der Waals surface area contributed by atoms with E-state index in [9.17, 15) is 8.78 Å². The van der Waals surface area contributed by atoms with Gasteiger partial charge in [0.15, 0.2) is 0 Å². The molecule has 0 saturated carbocycles. The van der Waals surface area contributed by atoms with E-state index in [1.807, 2.05) is 6.92 Å².